The van der Waals surface area contributed by atoms with Crippen molar-refractivity contribution >= 4 is 16.6 Å². The van der Waals surface area contributed by atoms with Crippen LogP contribution in [-0.2, 0) is 15.5 Å². The van der Waals surface area contributed by atoms with E-state index in [1.54, 1.807) is 6.26 Å². The Kier molecular flexibility index (Phi) is 5.24. The van der Waals surface area contributed by atoms with E-state index in [0.29, 0.717) is 24.7 Å². The van der Waals surface area contributed by atoms with Gasteiger partial charge in [0, 0.05) is 48.5 Å². The maximum Gasteiger partial charge on any atom is 0.130 e. The molecule has 2 heterocycles. The Morgan fingerprint density at radius 3 is 3.11 bits per heavy atom. The Labute approximate surface area is 115 Å². The van der Waals surface area contributed by atoms with E-state index in [2.05, 4.69) is 20.6 Å². The zero-order valence-corrected chi connectivity index (χ0v) is 12.1. The number of ether oxygens (including phenoxy) is 1. The Balaban J connectivity index is 2.03. The third-order valence-electron chi connectivity index (χ3n) is 2.81. The SMILES string of the molecule is Cc1nc(NCC[S@@](C)=O)cc([C@@H]2CNCCO2)n1. The first-order chi connectivity index (χ1) is 9.15. The molecule has 0 saturated carbocycles. The molecule has 2 rings (SSSR count). The van der Waals surface area contributed by atoms with E-state index in [9.17, 15) is 4.21 Å². The number of rotatable bonds is 5. The lowest BCUT2D eigenvalue weighted by Crippen LogP contribution is -2.34. The number of nitrogens with zero attached hydrogens (tertiary/aromatic N) is 2. The van der Waals surface area contributed by atoms with Gasteiger partial charge in [-0.2, -0.15) is 0 Å². The second kappa shape index (κ2) is 6.93. The first-order valence-corrected chi connectivity index (χ1v) is 8.09. The molecule has 1 aromatic rings. The van der Waals surface area contributed by atoms with Crippen LogP contribution in [0.1, 0.15) is 17.6 Å². The summed E-state index contributed by atoms with van der Waals surface area (Å²) in [6.07, 6.45) is 1.68. The minimum absolute atomic E-state index is 0.0173. The fourth-order valence-electron chi connectivity index (χ4n) is 1.92. The lowest BCUT2D eigenvalue weighted by atomic mass is 10.2. The van der Waals surface area contributed by atoms with Crippen LogP contribution >= 0.6 is 0 Å². The number of morpholine rings is 1. The van der Waals surface area contributed by atoms with Crippen molar-refractivity contribution in [3.63, 3.8) is 0 Å². The van der Waals surface area contributed by atoms with E-state index in [1.807, 2.05) is 13.0 Å². The fraction of sp³-hybridized carbons (Fsp3) is 0.667. The van der Waals surface area contributed by atoms with Crippen LogP contribution in [0.2, 0.25) is 0 Å². The quantitative estimate of drug-likeness (QED) is 0.806. The van der Waals surface area contributed by atoms with Gasteiger partial charge in [0.2, 0.25) is 0 Å². The molecule has 0 aliphatic carbocycles. The highest BCUT2D eigenvalue weighted by Gasteiger charge is 2.18. The zero-order valence-electron chi connectivity index (χ0n) is 11.3. The van der Waals surface area contributed by atoms with E-state index in [1.165, 1.54) is 0 Å². The predicted molar refractivity (Wildman–Crippen MR) is 75.8 cm³/mol. The molecule has 0 spiro atoms. The largest absolute Gasteiger partial charge is 0.369 e. The van der Waals surface area contributed by atoms with Crippen LogP contribution < -0.4 is 10.6 Å². The highest BCUT2D eigenvalue weighted by Crippen LogP contribution is 2.19. The van der Waals surface area contributed by atoms with Crippen LogP contribution in [0.3, 0.4) is 0 Å². The minimum Gasteiger partial charge on any atom is -0.369 e. The van der Waals surface area contributed by atoms with Gasteiger partial charge in [-0.15, -0.1) is 0 Å². The smallest absolute Gasteiger partial charge is 0.130 e. The summed E-state index contributed by atoms with van der Waals surface area (Å²) in [5, 5.41) is 6.46. The molecule has 1 aliphatic heterocycles. The highest BCUT2D eigenvalue weighted by molar-refractivity contribution is 7.84. The molecule has 1 saturated heterocycles. The molecule has 6 nitrogen and oxygen atoms in total. The Morgan fingerprint density at radius 2 is 2.42 bits per heavy atom. The van der Waals surface area contributed by atoms with Crippen LogP contribution in [0.15, 0.2) is 6.07 Å². The molecule has 0 unspecified atom stereocenters. The second-order valence-corrected chi connectivity index (χ2v) is 6.05. The van der Waals surface area contributed by atoms with Gasteiger partial charge in [0.25, 0.3) is 0 Å². The van der Waals surface area contributed by atoms with Crippen molar-refractivity contribution in [1.82, 2.24) is 15.3 Å². The standard InChI is InChI=1S/C12H20N4O2S/c1-9-15-10(11-8-13-3-5-18-11)7-12(16-9)14-4-6-19(2)17/h7,11,13H,3-6,8H2,1-2H3,(H,14,15,16)/t11-,19+/m0/s1. The molecule has 2 N–H and O–H groups in total. The van der Waals surface area contributed by atoms with Gasteiger partial charge in [0.1, 0.15) is 17.7 Å². The van der Waals surface area contributed by atoms with Gasteiger partial charge in [0.15, 0.2) is 0 Å². The second-order valence-electron chi connectivity index (χ2n) is 4.49. The van der Waals surface area contributed by atoms with Gasteiger partial charge in [-0.25, -0.2) is 9.97 Å². The molecule has 1 aromatic heterocycles. The molecular weight excluding hydrogens is 264 g/mol. The minimum atomic E-state index is -0.795. The number of aryl methyl sites for hydroxylation is 1. The third kappa shape index (κ3) is 4.52. The summed E-state index contributed by atoms with van der Waals surface area (Å²) in [6, 6.07) is 1.91. The molecule has 19 heavy (non-hydrogen) atoms. The fourth-order valence-corrected chi connectivity index (χ4v) is 2.31. The van der Waals surface area contributed by atoms with Gasteiger partial charge < -0.3 is 15.4 Å². The third-order valence-corrected chi connectivity index (χ3v) is 3.59. The summed E-state index contributed by atoms with van der Waals surface area (Å²) in [5.41, 5.74) is 0.889. The van der Waals surface area contributed by atoms with E-state index in [-0.39, 0.29) is 6.10 Å². The molecular formula is C12H20N4O2S. The molecule has 1 aliphatic rings. The molecule has 0 aromatic carbocycles. The van der Waals surface area contributed by atoms with Crippen LogP contribution in [0.5, 0.6) is 0 Å². The maximum atomic E-state index is 11.0. The Hall–Kier alpha value is -1.05. The molecule has 106 valence electrons. The van der Waals surface area contributed by atoms with Crippen LogP contribution in [0, 0.1) is 6.92 Å². The van der Waals surface area contributed by atoms with E-state index in [0.717, 1.165) is 24.6 Å². The monoisotopic (exact) mass is 284 g/mol. The van der Waals surface area contributed by atoms with Crippen molar-refractivity contribution < 1.29 is 8.95 Å². The molecule has 1 fully saturated rings. The van der Waals surface area contributed by atoms with Gasteiger partial charge in [-0.05, 0) is 6.92 Å². The summed E-state index contributed by atoms with van der Waals surface area (Å²) in [7, 11) is -0.795. The highest BCUT2D eigenvalue weighted by atomic mass is 32.2. The molecule has 7 heteroatoms. The lowest BCUT2D eigenvalue weighted by molar-refractivity contribution is 0.0249. The Bertz CT molecular complexity index is 449. The van der Waals surface area contributed by atoms with Gasteiger partial charge in [-0.1, -0.05) is 0 Å². The van der Waals surface area contributed by atoms with Crippen molar-refractivity contribution in [2.45, 2.75) is 13.0 Å². The van der Waals surface area contributed by atoms with Gasteiger partial charge in [0.05, 0.1) is 12.3 Å². The number of nitrogens with one attached hydrogen (secondary N) is 2. The van der Waals surface area contributed by atoms with Crippen LogP contribution in [-0.4, -0.2) is 52.4 Å². The van der Waals surface area contributed by atoms with Crippen LogP contribution in [0.4, 0.5) is 5.82 Å². The lowest BCUT2D eigenvalue weighted by Gasteiger charge is -2.23. The number of anilines is 1. The summed E-state index contributed by atoms with van der Waals surface area (Å²) < 4.78 is 16.7. The number of aromatic nitrogens is 2. The van der Waals surface area contributed by atoms with E-state index >= 15 is 0 Å². The summed E-state index contributed by atoms with van der Waals surface area (Å²) in [6.45, 7) is 4.86. The first kappa shape index (κ1) is 14.4. The normalized spacial score (nSPS) is 21.1. The molecule has 0 amide bonds. The van der Waals surface area contributed by atoms with Crippen molar-refractivity contribution in [2.75, 3.05) is 43.6 Å². The van der Waals surface area contributed by atoms with Crippen molar-refractivity contribution in [2.24, 2.45) is 0 Å². The average molecular weight is 284 g/mol. The van der Waals surface area contributed by atoms with Crippen molar-refractivity contribution in [1.29, 1.82) is 0 Å². The van der Waals surface area contributed by atoms with E-state index < -0.39 is 10.8 Å². The Morgan fingerprint density at radius 1 is 1.58 bits per heavy atom. The van der Waals surface area contributed by atoms with E-state index in [4.69, 9.17) is 4.74 Å². The predicted octanol–water partition coefficient (Wildman–Crippen LogP) is 0.236. The number of hydrogen-bond acceptors (Lipinski definition) is 6. The first-order valence-electron chi connectivity index (χ1n) is 6.37. The van der Waals surface area contributed by atoms with Crippen molar-refractivity contribution in [3.8, 4) is 0 Å². The number of hydrogen-bond donors (Lipinski definition) is 2. The topological polar surface area (TPSA) is 76.1 Å². The molecule has 2 atom stereocenters. The summed E-state index contributed by atoms with van der Waals surface area (Å²) in [5.74, 6) is 2.09. The average Bonchev–Trinajstić information content (AvgIpc) is 2.39. The zero-order chi connectivity index (χ0) is 13.7. The van der Waals surface area contributed by atoms with Gasteiger partial charge >= 0.3 is 0 Å². The van der Waals surface area contributed by atoms with Crippen LogP contribution in [0.25, 0.3) is 0 Å². The summed E-state index contributed by atoms with van der Waals surface area (Å²) >= 11 is 0. The van der Waals surface area contributed by atoms with Crippen molar-refractivity contribution in [3.05, 3.63) is 17.6 Å². The maximum absolute atomic E-state index is 11.0. The molecule has 0 radical (unpaired) electrons. The molecule has 0 bridgehead atoms. The summed E-state index contributed by atoms with van der Waals surface area (Å²) in [4.78, 5) is 8.75. The van der Waals surface area contributed by atoms with Gasteiger partial charge in [-0.3, -0.25) is 4.21 Å².